The minimum absolute atomic E-state index is 0.0458. The third kappa shape index (κ3) is 4.18. The second kappa shape index (κ2) is 8.35. The van der Waals surface area contributed by atoms with Crippen LogP contribution < -0.4 is 4.74 Å². The quantitative estimate of drug-likeness (QED) is 0.212. The molecule has 4 rings (SSSR count). The van der Waals surface area contributed by atoms with Gasteiger partial charge in [0.25, 0.3) is 0 Å². The smallest absolute Gasteiger partial charge is 0.159 e. The maximum absolute atomic E-state index is 11.8. The number of rotatable bonds is 6. The summed E-state index contributed by atoms with van der Waals surface area (Å²) >= 11 is 3.32. The van der Waals surface area contributed by atoms with Crippen LogP contribution in [0.5, 0.6) is 5.75 Å². The molecule has 0 radical (unpaired) electrons. The molecule has 0 unspecified atom stereocenters. The first-order chi connectivity index (χ1) is 14.0. The van der Waals surface area contributed by atoms with Crippen LogP contribution in [0.4, 0.5) is 0 Å². The molecular weight excluding hydrogens is 400 g/mol. The molecule has 29 heavy (non-hydrogen) atoms. The van der Waals surface area contributed by atoms with E-state index in [1.807, 2.05) is 37.3 Å². The maximum Gasteiger partial charge on any atom is 0.159 e. The van der Waals surface area contributed by atoms with Gasteiger partial charge in [0.05, 0.1) is 7.11 Å². The number of aromatic nitrogens is 2. The molecule has 2 aromatic heterocycles. The summed E-state index contributed by atoms with van der Waals surface area (Å²) in [5.74, 6) is 2.24. The fraction of sp³-hybridized carbons (Fsp3) is 0.174. The van der Waals surface area contributed by atoms with Crippen molar-refractivity contribution in [3.8, 4) is 16.2 Å². The number of thiophene rings is 1. The molecule has 2 aromatic carbocycles. The lowest BCUT2D eigenvalue weighted by atomic mass is 10.1. The Hall–Kier alpha value is -2.70. The van der Waals surface area contributed by atoms with Crippen molar-refractivity contribution >= 4 is 39.1 Å². The number of hydrogen-bond acceptors (Lipinski definition) is 6. The fourth-order valence-corrected chi connectivity index (χ4v) is 5.28. The van der Waals surface area contributed by atoms with Crippen molar-refractivity contribution in [2.45, 2.75) is 24.6 Å². The van der Waals surface area contributed by atoms with Crippen LogP contribution >= 0.6 is 23.1 Å². The Kier molecular flexibility index (Phi) is 5.65. The Morgan fingerprint density at radius 2 is 1.90 bits per heavy atom. The molecule has 0 saturated carbocycles. The fourth-order valence-electron chi connectivity index (χ4n) is 3.11. The third-order valence-electron chi connectivity index (χ3n) is 4.58. The van der Waals surface area contributed by atoms with Gasteiger partial charge in [0.1, 0.15) is 21.4 Å². The topological polar surface area (TPSA) is 52.1 Å². The van der Waals surface area contributed by atoms with Crippen LogP contribution in [0, 0.1) is 6.92 Å². The molecule has 0 amide bonds. The van der Waals surface area contributed by atoms with Crippen LogP contribution in [0.2, 0.25) is 0 Å². The number of Topliss-reactive ketones (excluding diaryl/α,β-unsaturated/α-hetero) is 1. The molecule has 0 fully saturated rings. The Labute approximate surface area is 178 Å². The number of hydrogen-bond donors (Lipinski definition) is 0. The maximum atomic E-state index is 11.8. The van der Waals surface area contributed by atoms with Gasteiger partial charge in [-0.3, -0.25) is 4.79 Å². The normalized spacial score (nSPS) is 11.0. The summed E-state index contributed by atoms with van der Waals surface area (Å²) in [6.45, 7) is 3.49. The van der Waals surface area contributed by atoms with Crippen molar-refractivity contribution < 1.29 is 9.53 Å². The van der Waals surface area contributed by atoms with E-state index in [1.165, 1.54) is 10.4 Å². The van der Waals surface area contributed by atoms with E-state index in [2.05, 4.69) is 28.2 Å². The molecule has 4 aromatic rings. The highest BCUT2D eigenvalue weighted by atomic mass is 32.2. The van der Waals surface area contributed by atoms with Gasteiger partial charge in [-0.2, -0.15) is 0 Å². The number of thioether (sulfide) groups is 1. The first-order valence-corrected chi connectivity index (χ1v) is 11.0. The summed E-state index contributed by atoms with van der Waals surface area (Å²) in [4.78, 5) is 23.3. The summed E-state index contributed by atoms with van der Waals surface area (Å²) in [5, 5.41) is 2.01. The molecule has 4 nitrogen and oxygen atoms in total. The average Bonchev–Trinajstić information content (AvgIpc) is 3.16. The van der Waals surface area contributed by atoms with E-state index in [9.17, 15) is 4.79 Å². The molecule has 0 aliphatic carbocycles. The highest BCUT2D eigenvalue weighted by Gasteiger charge is 2.14. The second-order valence-corrected chi connectivity index (χ2v) is 8.64. The van der Waals surface area contributed by atoms with Gasteiger partial charge in [-0.15, -0.1) is 23.1 Å². The number of carbonyl (C=O) groups is 1. The van der Waals surface area contributed by atoms with Gasteiger partial charge in [0.15, 0.2) is 5.78 Å². The monoisotopic (exact) mass is 420 g/mol. The number of fused-ring (bicyclic) bond motifs is 1. The van der Waals surface area contributed by atoms with Gasteiger partial charge in [0, 0.05) is 27.1 Å². The van der Waals surface area contributed by atoms with Crippen molar-refractivity contribution in [1.82, 2.24) is 9.97 Å². The Morgan fingerprint density at radius 3 is 2.62 bits per heavy atom. The molecule has 2 heterocycles. The lowest BCUT2D eigenvalue weighted by Gasteiger charge is -2.10. The van der Waals surface area contributed by atoms with E-state index in [1.54, 1.807) is 43.2 Å². The summed E-state index contributed by atoms with van der Waals surface area (Å²) in [7, 11) is 1.65. The molecule has 0 bridgehead atoms. The number of aryl methyl sites for hydroxylation is 1. The van der Waals surface area contributed by atoms with Crippen molar-refractivity contribution in [3.63, 3.8) is 0 Å². The van der Waals surface area contributed by atoms with E-state index < -0.39 is 0 Å². The number of ketones is 1. The van der Waals surface area contributed by atoms with Gasteiger partial charge in [-0.1, -0.05) is 30.3 Å². The van der Waals surface area contributed by atoms with Crippen molar-refractivity contribution in [3.05, 3.63) is 71.5 Å². The lowest BCUT2D eigenvalue weighted by Crippen LogP contribution is -1.97. The lowest BCUT2D eigenvalue weighted by molar-refractivity contribution is 0.101. The van der Waals surface area contributed by atoms with Crippen molar-refractivity contribution in [1.29, 1.82) is 0 Å². The summed E-state index contributed by atoms with van der Waals surface area (Å²) in [6, 6.07) is 18.0. The largest absolute Gasteiger partial charge is 0.496 e. The van der Waals surface area contributed by atoms with Crippen LogP contribution in [0.3, 0.4) is 0 Å². The number of benzene rings is 2. The van der Waals surface area contributed by atoms with Crippen LogP contribution in [0.1, 0.15) is 28.7 Å². The van der Waals surface area contributed by atoms with Crippen LogP contribution in [0.15, 0.2) is 59.6 Å². The predicted octanol–water partition coefficient (Wildman–Crippen LogP) is 6.17. The Balaban J connectivity index is 1.69. The zero-order chi connectivity index (χ0) is 20.4. The molecule has 6 heteroatoms. The Morgan fingerprint density at radius 1 is 1.10 bits per heavy atom. The number of ether oxygens (including phenoxy) is 1. The number of methoxy groups -OCH3 is 1. The Bertz CT molecular complexity index is 1190. The minimum Gasteiger partial charge on any atom is -0.496 e. The zero-order valence-corrected chi connectivity index (χ0v) is 18.1. The standard InChI is InChI=1S/C23H20N2O2S2/c1-14(26)17-9-10-20(27-3)18(11-17)13-28-22-19-12-21(16-7-5-4-6-8-16)29-23(19)25-15(2)24-22/h4-12H,13H2,1-3H3. The van der Waals surface area contributed by atoms with E-state index in [4.69, 9.17) is 4.74 Å². The van der Waals surface area contributed by atoms with Crippen LogP contribution in [-0.2, 0) is 5.75 Å². The molecule has 0 aliphatic heterocycles. The predicted molar refractivity (Wildman–Crippen MR) is 120 cm³/mol. The van der Waals surface area contributed by atoms with Gasteiger partial charge >= 0.3 is 0 Å². The minimum atomic E-state index is 0.0458. The van der Waals surface area contributed by atoms with E-state index in [-0.39, 0.29) is 5.78 Å². The molecule has 0 aliphatic rings. The average molecular weight is 421 g/mol. The molecular formula is C23H20N2O2S2. The molecule has 0 atom stereocenters. The molecule has 0 spiro atoms. The van der Waals surface area contributed by atoms with Crippen LogP contribution in [-0.4, -0.2) is 22.9 Å². The summed E-state index contributed by atoms with van der Waals surface area (Å²) < 4.78 is 5.49. The van der Waals surface area contributed by atoms with Crippen LogP contribution in [0.25, 0.3) is 20.7 Å². The molecule has 0 saturated heterocycles. The molecule has 0 N–H and O–H groups in total. The first-order valence-electron chi connectivity index (χ1n) is 9.19. The van der Waals surface area contributed by atoms with E-state index in [0.717, 1.165) is 32.4 Å². The summed E-state index contributed by atoms with van der Waals surface area (Å²) in [6.07, 6.45) is 0. The van der Waals surface area contributed by atoms with E-state index in [0.29, 0.717) is 11.3 Å². The first kappa shape index (κ1) is 19.6. The van der Waals surface area contributed by atoms with Gasteiger partial charge in [0.2, 0.25) is 0 Å². The van der Waals surface area contributed by atoms with Gasteiger partial charge < -0.3 is 4.74 Å². The number of nitrogens with zero attached hydrogens (tertiary/aromatic N) is 2. The van der Waals surface area contributed by atoms with E-state index >= 15 is 0 Å². The van der Waals surface area contributed by atoms with Crippen molar-refractivity contribution in [2.24, 2.45) is 0 Å². The highest BCUT2D eigenvalue weighted by molar-refractivity contribution is 7.98. The third-order valence-corrected chi connectivity index (χ3v) is 6.70. The van der Waals surface area contributed by atoms with Crippen molar-refractivity contribution in [2.75, 3.05) is 7.11 Å². The second-order valence-electron chi connectivity index (χ2n) is 6.64. The molecule has 146 valence electrons. The number of carbonyl (C=O) groups excluding carboxylic acids is 1. The highest BCUT2D eigenvalue weighted by Crippen LogP contribution is 2.38. The SMILES string of the molecule is COc1ccc(C(C)=O)cc1CSc1nc(C)nc2sc(-c3ccccc3)cc12. The van der Waals surface area contributed by atoms with Gasteiger partial charge in [-0.25, -0.2) is 9.97 Å². The van der Waals surface area contributed by atoms with Gasteiger partial charge in [-0.05, 0) is 43.7 Å². The summed E-state index contributed by atoms with van der Waals surface area (Å²) in [5.41, 5.74) is 2.85. The zero-order valence-electron chi connectivity index (χ0n) is 16.4.